The second-order valence-electron chi connectivity index (χ2n) is 5.99. The summed E-state index contributed by atoms with van der Waals surface area (Å²) >= 11 is 3.67. The summed E-state index contributed by atoms with van der Waals surface area (Å²) in [7, 11) is 1.72. The second kappa shape index (κ2) is 4.78. The molecule has 4 heteroatoms. The van der Waals surface area contributed by atoms with E-state index in [0.29, 0.717) is 11.8 Å². The first-order valence-electron chi connectivity index (χ1n) is 7.02. The van der Waals surface area contributed by atoms with E-state index in [4.69, 9.17) is 4.74 Å². The van der Waals surface area contributed by atoms with E-state index in [-0.39, 0.29) is 5.66 Å². The summed E-state index contributed by atoms with van der Waals surface area (Å²) in [4.78, 5) is 2.48. The largest absolute Gasteiger partial charge is 0.497 e. The minimum absolute atomic E-state index is 0.0369. The van der Waals surface area contributed by atoms with Gasteiger partial charge in [-0.3, -0.25) is 4.90 Å². The molecule has 20 heavy (non-hydrogen) atoms. The quantitative estimate of drug-likeness (QED) is 0.849. The third kappa shape index (κ3) is 1.81. The first-order chi connectivity index (χ1) is 9.51. The van der Waals surface area contributed by atoms with E-state index in [2.05, 4.69) is 52.6 Å². The van der Waals surface area contributed by atoms with Crippen LogP contribution < -0.4 is 10.1 Å². The second-order valence-corrected chi connectivity index (χ2v) is 6.85. The molecule has 1 aromatic rings. The molecule has 1 saturated heterocycles. The highest BCUT2D eigenvalue weighted by Gasteiger charge is 2.54. The van der Waals surface area contributed by atoms with Gasteiger partial charge in [0.05, 0.1) is 18.5 Å². The Labute approximate surface area is 129 Å². The fourth-order valence-electron chi connectivity index (χ4n) is 3.93. The van der Waals surface area contributed by atoms with Crippen molar-refractivity contribution in [3.63, 3.8) is 0 Å². The van der Waals surface area contributed by atoms with Crippen molar-refractivity contribution in [3.8, 4) is 5.75 Å². The summed E-state index contributed by atoms with van der Waals surface area (Å²) in [5, 5.41) is 3.73. The number of nitrogens with zero attached hydrogens (tertiary/aromatic N) is 1. The number of benzene rings is 1. The Morgan fingerprint density at radius 1 is 1.60 bits per heavy atom. The van der Waals surface area contributed by atoms with Crippen molar-refractivity contribution in [1.82, 2.24) is 4.90 Å². The van der Waals surface area contributed by atoms with Crippen LogP contribution in [0.15, 0.2) is 29.3 Å². The third-order valence-electron chi connectivity index (χ3n) is 4.73. The Morgan fingerprint density at radius 2 is 2.35 bits per heavy atom. The van der Waals surface area contributed by atoms with E-state index in [9.17, 15) is 0 Å². The molecule has 1 aromatic carbocycles. The molecule has 3 rings (SSSR count). The van der Waals surface area contributed by atoms with Crippen LogP contribution in [-0.4, -0.2) is 30.8 Å². The van der Waals surface area contributed by atoms with Gasteiger partial charge in [-0.25, -0.2) is 0 Å². The van der Waals surface area contributed by atoms with Gasteiger partial charge in [-0.15, -0.1) is 6.58 Å². The zero-order valence-electron chi connectivity index (χ0n) is 12.2. The number of nitrogens with one attached hydrogen (secondary N) is 1. The van der Waals surface area contributed by atoms with Gasteiger partial charge in [0.25, 0.3) is 0 Å². The topological polar surface area (TPSA) is 24.5 Å². The van der Waals surface area contributed by atoms with Gasteiger partial charge >= 0.3 is 0 Å². The molecule has 3 atom stereocenters. The lowest BCUT2D eigenvalue weighted by Crippen LogP contribution is -2.48. The molecule has 0 aromatic heterocycles. The normalized spacial score (nSPS) is 31.6. The minimum atomic E-state index is -0.0369. The average Bonchev–Trinajstić information content (AvgIpc) is 2.83. The molecule has 0 amide bonds. The fraction of sp³-hybridized carbons (Fsp3) is 0.500. The van der Waals surface area contributed by atoms with Crippen LogP contribution in [0.3, 0.4) is 0 Å². The summed E-state index contributed by atoms with van der Waals surface area (Å²) < 4.78 is 6.50. The molecule has 2 aliphatic rings. The van der Waals surface area contributed by atoms with Crippen molar-refractivity contribution >= 4 is 21.6 Å². The third-order valence-corrected chi connectivity index (χ3v) is 5.36. The maximum absolute atomic E-state index is 5.42. The standard InChI is InChI=1S/C16H21BrN2O/c1-5-6-19-9-10(2)14-12-7-11(20-4)8-13(17)15(12)18-16(14,19)3/h5,7-8,10,14,18H,1,6,9H2,2-4H3/t10?,14-,16-/m0/s1. The van der Waals surface area contributed by atoms with Gasteiger partial charge in [0.15, 0.2) is 0 Å². The number of rotatable bonds is 3. The first-order valence-corrected chi connectivity index (χ1v) is 7.82. The SMILES string of the molecule is C=CCN1CC(C)[C@H]2c3cc(OC)cc(Br)c3N[C@]21C. The smallest absolute Gasteiger partial charge is 0.120 e. The van der Waals surface area contributed by atoms with E-state index >= 15 is 0 Å². The number of likely N-dealkylation sites (tertiary alicyclic amines) is 1. The molecule has 0 spiro atoms. The highest BCUT2D eigenvalue weighted by Crippen LogP contribution is 2.55. The lowest BCUT2D eigenvalue weighted by molar-refractivity contribution is 0.198. The van der Waals surface area contributed by atoms with Gasteiger partial charge in [0.1, 0.15) is 5.75 Å². The molecule has 0 saturated carbocycles. The molecular formula is C16H21BrN2O. The zero-order valence-corrected chi connectivity index (χ0v) is 13.8. The van der Waals surface area contributed by atoms with Crippen molar-refractivity contribution in [2.45, 2.75) is 25.4 Å². The molecule has 1 fully saturated rings. The zero-order chi connectivity index (χ0) is 14.5. The molecule has 0 aliphatic carbocycles. The van der Waals surface area contributed by atoms with Crippen LogP contribution in [0.4, 0.5) is 5.69 Å². The maximum Gasteiger partial charge on any atom is 0.120 e. The van der Waals surface area contributed by atoms with Gasteiger partial charge in [0, 0.05) is 23.5 Å². The highest BCUT2D eigenvalue weighted by atomic mass is 79.9. The number of fused-ring (bicyclic) bond motifs is 3. The molecule has 3 nitrogen and oxygen atoms in total. The predicted octanol–water partition coefficient (Wildman–Crippen LogP) is 3.82. The fourth-order valence-corrected chi connectivity index (χ4v) is 4.48. The summed E-state index contributed by atoms with van der Waals surface area (Å²) in [6.45, 7) is 10.5. The van der Waals surface area contributed by atoms with E-state index in [1.807, 2.05) is 12.1 Å². The summed E-state index contributed by atoms with van der Waals surface area (Å²) in [6, 6.07) is 4.20. The molecule has 1 unspecified atom stereocenters. The summed E-state index contributed by atoms with van der Waals surface area (Å²) in [6.07, 6.45) is 1.99. The Hall–Kier alpha value is -1.00. The van der Waals surface area contributed by atoms with E-state index in [0.717, 1.165) is 23.3 Å². The monoisotopic (exact) mass is 336 g/mol. The van der Waals surface area contributed by atoms with Crippen LogP contribution in [0.1, 0.15) is 25.3 Å². The lowest BCUT2D eigenvalue weighted by atomic mass is 9.85. The number of anilines is 1. The number of hydrogen-bond donors (Lipinski definition) is 1. The predicted molar refractivity (Wildman–Crippen MR) is 86.4 cm³/mol. The molecule has 1 N–H and O–H groups in total. The Kier molecular flexibility index (Phi) is 3.33. The number of hydrogen-bond acceptors (Lipinski definition) is 3. The van der Waals surface area contributed by atoms with Crippen LogP contribution in [0.2, 0.25) is 0 Å². The van der Waals surface area contributed by atoms with Gasteiger partial charge in [-0.05, 0) is 46.5 Å². The van der Waals surface area contributed by atoms with Crippen LogP contribution in [0.25, 0.3) is 0 Å². The van der Waals surface area contributed by atoms with Crippen molar-refractivity contribution < 1.29 is 4.74 Å². The molecule has 0 radical (unpaired) electrons. The molecular weight excluding hydrogens is 316 g/mol. The van der Waals surface area contributed by atoms with Crippen LogP contribution >= 0.6 is 15.9 Å². The average molecular weight is 337 g/mol. The number of halogens is 1. The summed E-state index contributed by atoms with van der Waals surface area (Å²) in [5.74, 6) is 1.99. The maximum atomic E-state index is 5.42. The van der Waals surface area contributed by atoms with Gasteiger partial charge in [0.2, 0.25) is 0 Å². The van der Waals surface area contributed by atoms with Crippen LogP contribution in [0, 0.1) is 5.92 Å². The van der Waals surface area contributed by atoms with Crippen molar-refractivity contribution in [2.75, 3.05) is 25.5 Å². The van der Waals surface area contributed by atoms with E-state index in [1.54, 1.807) is 7.11 Å². The van der Waals surface area contributed by atoms with E-state index in [1.165, 1.54) is 11.3 Å². The molecule has 108 valence electrons. The van der Waals surface area contributed by atoms with Crippen molar-refractivity contribution in [1.29, 1.82) is 0 Å². The molecule has 0 bridgehead atoms. The summed E-state index contributed by atoms with van der Waals surface area (Å²) in [5.41, 5.74) is 2.53. The number of methoxy groups -OCH3 is 1. The Bertz CT molecular complexity index is 560. The lowest BCUT2D eigenvalue weighted by Gasteiger charge is -2.35. The van der Waals surface area contributed by atoms with Crippen LogP contribution in [0.5, 0.6) is 5.75 Å². The van der Waals surface area contributed by atoms with Gasteiger partial charge in [-0.2, -0.15) is 0 Å². The van der Waals surface area contributed by atoms with Crippen molar-refractivity contribution in [3.05, 3.63) is 34.8 Å². The van der Waals surface area contributed by atoms with Gasteiger partial charge in [-0.1, -0.05) is 13.0 Å². The van der Waals surface area contributed by atoms with Gasteiger partial charge < -0.3 is 10.1 Å². The molecule has 2 aliphatic heterocycles. The van der Waals surface area contributed by atoms with Crippen molar-refractivity contribution in [2.24, 2.45) is 5.92 Å². The first kappa shape index (κ1) is 14.0. The molecule has 2 heterocycles. The van der Waals surface area contributed by atoms with Crippen LogP contribution in [-0.2, 0) is 0 Å². The minimum Gasteiger partial charge on any atom is -0.497 e. The Balaban J connectivity index is 2.09. The Morgan fingerprint density at radius 3 is 3.00 bits per heavy atom. The number of ether oxygens (including phenoxy) is 1. The van der Waals surface area contributed by atoms with E-state index < -0.39 is 0 Å². The highest BCUT2D eigenvalue weighted by molar-refractivity contribution is 9.10.